The summed E-state index contributed by atoms with van der Waals surface area (Å²) in [6.07, 6.45) is 4.05. The molecule has 1 saturated heterocycles. The van der Waals surface area contributed by atoms with Crippen LogP contribution in [0.25, 0.3) is 27.5 Å². The Bertz CT molecular complexity index is 1760. The molecule has 3 aromatic carbocycles. The van der Waals surface area contributed by atoms with Crippen LogP contribution in [0.1, 0.15) is 5.56 Å². The number of hydrogen-bond donors (Lipinski definition) is 2. The molecule has 1 aliphatic rings. The molecule has 0 spiro atoms. The summed E-state index contributed by atoms with van der Waals surface area (Å²) in [5.41, 5.74) is 2.31. The molecule has 1 aliphatic heterocycles. The van der Waals surface area contributed by atoms with Gasteiger partial charge in [-0.15, -0.1) is 0 Å². The number of fused-ring (bicyclic) bond motifs is 3. The molecule has 2 aromatic heterocycles. The number of hydrogen-bond acceptors (Lipinski definition) is 5. The van der Waals surface area contributed by atoms with Crippen LogP contribution in [0.3, 0.4) is 0 Å². The molecule has 1 fully saturated rings. The van der Waals surface area contributed by atoms with E-state index in [-0.39, 0.29) is 0 Å². The third-order valence-electron chi connectivity index (χ3n) is 7.20. The van der Waals surface area contributed by atoms with Crippen molar-refractivity contribution in [2.24, 2.45) is 0 Å². The standard InChI is InChI=1S/C29H27N5O4/c35-26(36)19-34-25-16-24(22-8-4-5-9-23(22)27(25)30-28(37)29(34)38)33-11-10-20(18-33)17-31-12-14-32(15-13-31)21-6-2-1-3-7-21/h1-11,16,18H,12-15,17,19H2,(H,30,37)(H,35,36). The number of carboxylic acids is 1. The van der Waals surface area contributed by atoms with Gasteiger partial charge in [-0.3, -0.25) is 23.9 Å². The van der Waals surface area contributed by atoms with Crippen molar-refractivity contribution in [3.05, 3.63) is 105 Å². The monoisotopic (exact) mass is 509 g/mol. The second-order valence-electron chi connectivity index (χ2n) is 9.60. The molecule has 0 aliphatic carbocycles. The fraction of sp³-hybridized carbons (Fsp3) is 0.207. The van der Waals surface area contributed by atoms with Crippen LogP contribution in [0.15, 0.2) is 88.7 Å². The SMILES string of the molecule is O=C(O)Cn1c(=O)c(=O)[nH]c2c3ccccc3c(-n3ccc(CN4CCN(c5ccccc5)CC4)c3)cc21. The largest absolute Gasteiger partial charge is 0.480 e. The average molecular weight is 510 g/mol. The summed E-state index contributed by atoms with van der Waals surface area (Å²) in [5.74, 6) is -1.19. The summed E-state index contributed by atoms with van der Waals surface area (Å²) in [4.78, 5) is 43.9. The number of aromatic amines is 1. The molecule has 3 heterocycles. The summed E-state index contributed by atoms with van der Waals surface area (Å²) in [5, 5.41) is 11.0. The van der Waals surface area contributed by atoms with E-state index in [9.17, 15) is 19.5 Å². The molecule has 0 atom stereocenters. The lowest BCUT2D eigenvalue weighted by Gasteiger charge is -2.36. The van der Waals surface area contributed by atoms with E-state index in [4.69, 9.17) is 0 Å². The number of carboxylic acid groups (broad SMARTS) is 1. The third-order valence-corrected chi connectivity index (χ3v) is 7.20. The second-order valence-corrected chi connectivity index (χ2v) is 9.60. The zero-order chi connectivity index (χ0) is 26.2. The number of anilines is 1. The third kappa shape index (κ3) is 4.37. The van der Waals surface area contributed by atoms with Gasteiger partial charge in [0.05, 0.1) is 16.7 Å². The highest BCUT2D eigenvalue weighted by atomic mass is 16.4. The number of carbonyl (C=O) groups is 1. The van der Waals surface area contributed by atoms with E-state index in [2.05, 4.69) is 51.3 Å². The van der Waals surface area contributed by atoms with E-state index < -0.39 is 23.6 Å². The lowest BCUT2D eigenvalue weighted by atomic mass is 10.1. The van der Waals surface area contributed by atoms with E-state index in [1.54, 1.807) is 6.07 Å². The molecule has 192 valence electrons. The van der Waals surface area contributed by atoms with Gasteiger partial charge in [-0.2, -0.15) is 0 Å². The minimum atomic E-state index is -1.19. The van der Waals surface area contributed by atoms with Gasteiger partial charge in [0.1, 0.15) is 6.54 Å². The van der Waals surface area contributed by atoms with Crippen LogP contribution in [0.2, 0.25) is 0 Å². The predicted octanol–water partition coefficient (Wildman–Crippen LogP) is 3.04. The van der Waals surface area contributed by atoms with Gasteiger partial charge in [0, 0.05) is 61.6 Å². The second kappa shape index (κ2) is 9.68. The van der Waals surface area contributed by atoms with Gasteiger partial charge in [0.25, 0.3) is 0 Å². The average Bonchev–Trinajstić information content (AvgIpc) is 3.40. The van der Waals surface area contributed by atoms with Gasteiger partial charge in [-0.1, -0.05) is 42.5 Å². The molecule has 0 saturated carbocycles. The Hall–Kier alpha value is -4.63. The van der Waals surface area contributed by atoms with E-state index in [1.807, 2.05) is 41.1 Å². The Balaban J connectivity index is 1.33. The van der Waals surface area contributed by atoms with Crippen molar-refractivity contribution in [3.63, 3.8) is 0 Å². The number of benzene rings is 3. The zero-order valence-electron chi connectivity index (χ0n) is 20.7. The molecule has 9 nitrogen and oxygen atoms in total. The van der Waals surface area contributed by atoms with Crippen LogP contribution in [0.5, 0.6) is 0 Å². The van der Waals surface area contributed by atoms with Gasteiger partial charge in [0.15, 0.2) is 0 Å². The summed E-state index contributed by atoms with van der Waals surface area (Å²) in [6, 6.07) is 21.9. The lowest BCUT2D eigenvalue weighted by molar-refractivity contribution is -0.137. The van der Waals surface area contributed by atoms with Crippen LogP contribution in [-0.4, -0.2) is 56.3 Å². The number of piperazine rings is 1. The maximum atomic E-state index is 12.6. The van der Waals surface area contributed by atoms with Crippen molar-refractivity contribution in [3.8, 4) is 5.69 Å². The van der Waals surface area contributed by atoms with Gasteiger partial charge < -0.3 is 19.6 Å². The molecule has 0 unspecified atom stereocenters. The predicted molar refractivity (Wildman–Crippen MR) is 147 cm³/mol. The first-order chi connectivity index (χ1) is 18.5. The number of aliphatic carboxylic acids is 1. The highest BCUT2D eigenvalue weighted by Crippen LogP contribution is 2.29. The number of H-pyrrole nitrogens is 1. The van der Waals surface area contributed by atoms with Crippen molar-refractivity contribution in [1.29, 1.82) is 0 Å². The Morgan fingerprint density at radius 3 is 2.34 bits per heavy atom. The maximum Gasteiger partial charge on any atom is 0.323 e. The van der Waals surface area contributed by atoms with Crippen LogP contribution in [0, 0.1) is 0 Å². The van der Waals surface area contributed by atoms with Crippen molar-refractivity contribution in [2.45, 2.75) is 13.1 Å². The number of nitrogens with zero attached hydrogens (tertiary/aromatic N) is 4. The van der Waals surface area contributed by atoms with Gasteiger partial charge in [-0.25, -0.2) is 0 Å². The van der Waals surface area contributed by atoms with Crippen molar-refractivity contribution in [2.75, 3.05) is 31.1 Å². The molecule has 2 N–H and O–H groups in total. The highest BCUT2D eigenvalue weighted by Gasteiger charge is 2.19. The van der Waals surface area contributed by atoms with Crippen molar-refractivity contribution < 1.29 is 9.90 Å². The zero-order valence-corrected chi connectivity index (χ0v) is 20.7. The molecule has 0 amide bonds. The molecule has 0 bridgehead atoms. The fourth-order valence-electron chi connectivity index (χ4n) is 5.34. The number of rotatable bonds is 6. The van der Waals surface area contributed by atoms with E-state index in [1.165, 1.54) is 5.69 Å². The van der Waals surface area contributed by atoms with Crippen LogP contribution in [0.4, 0.5) is 5.69 Å². The number of nitrogens with one attached hydrogen (secondary N) is 1. The Morgan fingerprint density at radius 1 is 0.895 bits per heavy atom. The van der Waals surface area contributed by atoms with Crippen LogP contribution in [-0.2, 0) is 17.9 Å². The van der Waals surface area contributed by atoms with Gasteiger partial charge in [-0.05, 0) is 29.8 Å². The first kappa shape index (κ1) is 23.7. The number of aromatic nitrogens is 3. The Kier molecular flexibility index (Phi) is 6.05. The van der Waals surface area contributed by atoms with E-state index >= 15 is 0 Å². The van der Waals surface area contributed by atoms with E-state index in [0.717, 1.165) is 59.3 Å². The van der Waals surface area contributed by atoms with Crippen LogP contribution < -0.4 is 16.0 Å². The minimum absolute atomic E-state index is 0.373. The molecular weight excluding hydrogens is 482 g/mol. The summed E-state index contributed by atoms with van der Waals surface area (Å²) >= 11 is 0. The topological polar surface area (TPSA) is 104 Å². The molecule has 9 heteroatoms. The Morgan fingerprint density at radius 2 is 1.61 bits per heavy atom. The summed E-state index contributed by atoms with van der Waals surface area (Å²) in [6.45, 7) is 4.10. The smallest absolute Gasteiger partial charge is 0.323 e. The molecule has 38 heavy (non-hydrogen) atoms. The highest BCUT2D eigenvalue weighted by molar-refractivity contribution is 6.08. The number of para-hydroxylation sites is 1. The molecule has 5 aromatic rings. The molecule has 6 rings (SSSR count). The van der Waals surface area contributed by atoms with Gasteiger partial charge in [0.2, 0.25) is 0 Å². The molecular formula is C29H27N5O4. The Labute approximate surface area is 217 Å². The first-order valence-corrected chi connectivity index (χ1v) is 12.6. The fourth-order valence-corrected chi connectivity index (χ4v) is 5.34. The molecule has 0 radical (unpaired) electrons. The summed E-state index contributed by atoms with van der Waals surface area (Å²) in [7, 11) is 0. The minimum Gasteiger partial charge on any atom is -0.480 e. The van der Waals surface area contributed by atoms with Crippen molar-refractivity contribution in [1.82, 2.24) is 19.0 Å². The quantitative estimate of drug-likeness (QED) is 0.269. The first-order valence-electron chi connectivity index (χ1n) is 12.6. The van der Waals surface area contributed by atoms with Crippen LogP contribution >= 0.6 is 0 Å². The van der Waals surface area contributed by atoms with Gasteiger partial charge >= 0.3 is 17.1 Å². The normalized spacial score (nSPS) is 14.4. The van der Waals surface area contributed by atoms with E-state index in [0.29, 0.717) is 11.0 Å². The maximum absolute atomic E-state index is 12.6. The van der Waals surface area contributed by atoms with Crippen molar-refractivity contribution >= 4 is 33.5 Å². The lowest BCUT2D eigenvalue weighted by Crippen LogP contribution is -2.45. The summed E-state index contributed by atoms with van der Waals surface area (Å²) < 4.78 is 3.03.